The second-order valence-corrected chi connectivity index (χ2v) is 8.71. The summed E-state index contributed by atoms with van der Waals surface area (Å²) in [5.41, 5.74) is 1.41. The molecule has 0 bridgehead atoms. The van der Waals surface area contributed by atoms with Crippen molar-refractivity contribution in [1.29, 1.82) is 0 Å². The Morgan fingerprint density at radius 2 is 1.76 bits per heavy atom. The summed E-state index contributed by atoms with van der Waals surface area (Å²) < 4.78 is 15.0. The van der Waals surface area contributed by atoms with E-state index in [1.807, 2.05) is 0 Å². The van der Waals surface area contributed by atoms with Crippen LogP contribution < -0.4 is 4.31 Å². The van der Waals surface area contributed by atoms with Gasteiger partial charge in [0.2, 0.25) is 0 Å². The predicted molar refractivity (Wildman–Crippen MR) is 110 cm³/mol. The highest BCUT2D eigenvalue weighted by Gasteiger charge is 2.19. The summed E-state index contributed by atoms with van der Waals surface area (Å²) in [5, 5.41) is 10.8. The number of rotatable bonds is 9. The molecule has 0 aliphatic rings. The van der Waals surface area contributed by atoms with Crippen molar-refractivity contribution in [1.82, 2.24) is 0 Å². The summed E-state index contributed by atoms with van der Waals surface area (Å²) >= 11 is 13.9. The lowest BCUT2D eigenvalue weighted by Crippen LogP contribution is -2.28. The van der Waals surface area contributed by atoms with Crippen molar-refractivity contribution in [2.24, 2.45) is 0 Å². The first-order valence-electron chi connectivity index (χ1n) is 7.90. The van der Waals surface area contributed by atoms with Gasteiger partial charge in [0.15, 0.2) is 11.0 Å². The summed E-state index contributed by atoms with van der Waals surface area (Å²) in [4.78, 5) is 0.665. The average Bonchev–Trinajstić information content (AvgIpc) is 2.62. The Morgan fingerprint density at radius 1 is 1.08 bits per heavy atom. The van der Waals surface area contributed by atoms with Gasteiger partial charge in [-0.1, -0.05) is 29.3 Å². The monoisotopic (exact) mass is 417 g/mol. The number of unbranched alkanes of at least 4 members (excludes halogenated alkanes) is 1. The summed E-state index contributed by atoms with van der Waals surface area (Å²) in [6, 6.07) is 12.2. The molecule has 136 valence electrons. The van der Waals surface area contributed by atoms with Crippen molar-refractivity contribution in [3.63, 3.8) is 0 Å². The SMILES string of the molecule is CSCCCCN(c1cc(Cl)ccc1CO)S(=O)c1ccc(Cl)cc1. The minimum Gasteiger partial charge on any atom is -0.392 e. The van der Waals surface area contributed by atoms with Gasteiger partial charge in [-0.05, 0) is 61.2 Å². The smallest absolute Gasteiger partial charge is 0.152 e. The maximum Gasteiger partial charge on any atom is 0.152 e. The highest BCUT2D eigenvalue weighted by molar-refractivity contribution is 7.98. The first kappa shape index (κ1) is 20.6. The van der Waals surface area contributed by atoms with Gasteiger partial charge in [-0.3, -0.25) is 4.31 Å². The molecular weight excluding hydrogens is 397 g/mol. The Hall–Kier alpha value is -0.720. The molecule has 0 radical (unpaired) electrons. The van der Waals surface area contributed by atoms with Crippen LogP contribution in [0, 0.1) is 0 Å². The topological polar surface area (TPSA) is 40.5 Å². The zero-order chi connectivity index (χ0) is 18.2. The minimum atomic E-state index is -1.41. The molecule has 2 aromatic carbocycles. The average molecular weight is 418 g/mol. The molecule has 7 heteroatoms. The van der Waals surface area contributed by atoms with Crippen molar-refractivity contribution < 1.29 is 9.32 Å². The van der Waals surface area contributed by atoms with E-state index in [1.165, 1.54) is 0 Å². The molecule has 0 spiro atoms. The highest BCUT2D eigenvalue weighted by atomic mass is 35.5. The van der Waals surface area contributed by atoms with Gasteiger partial charge in [0, 0.05) is 22.2 Å². The van der Waals surface area contributed by atoms with Crippen LogP contribution in [0.2, 0.25) is 10.0 Å². The van der Waals surface area contributed by atoms with Gasteiger partial charge in [0.1, 0.15) is 0 Å². The van der Waals surface area contributed by atoms with E-state index >= 15 is 0 Å². The zero-order valence-electron chi connectivity index (χ0n) is 14.0. The lowest BCUT2D eigenvalue weighted by atomic mass is 10.2. The zero-order valence-corrected chi connectivity index (χ0v) is 17.1. The number of nitrogens with zero attached hydrogens (tertiary/aromatic N) is 1. The number of thioether (sulfide) groups is 1. The van der Waals surface area contributed by atoms with Gasteiger partial charge in [-0.2, -0.15) is 11.8 Å². The van der Waals surface area contributed by atoms with Gasteiger partial charge < -0.3 is 5.11 Å². The fourth-order valence-corrected chi connectivity index (χ4v) is 4.43. The molecule has 0 aliphatic heterocycles. The minimum absolute atomic E-state index is 0.133. The van der Waals surface area contributed by atoms with E-state index in [0.717, 1.165) is 18.6 Å². The van der Waals surface area contributed by atoms with Crippen LogP contribution in [0.25, 0.3) is 0 Å². The van der Waals surface area contributed by atoms with Crippen LogP contribution in [0.5, 0.6) is 0 Å². The van der Waals surface area contributed by atoms with Gasteiger partial charge >= 0.3 is 0 Å². The second kappa shape index (κ2) is 10.4. The molecule has 0 amide bonds. The largest absolute Gasteiger partial charge is 0.392 e. The van der Waals surface area contributed by atoms with Crippen LogP contribution in [-0.4, -0.2) is 27.9 Å². The van der Waals surface area contributed by atoms with Crippen LogP contribution in [0.1, 0.15) is 18.4 Å². The maximum absolute atomic E-state index is 13.2. The Balaban J connectivity index is 2.33. The molecule has 1 atom stereocenters. The molecule has 2 aromatic rings. The number of benzene rings is 2. The summed E-state index contributed by atoms with van der Waals surface area (Å²) in [6.45, 7) is 0.481. The highest BCUT2D eigenvalue weighted by Crippen LogP contribution is 2.29. The van der Waals surface area contributed by atoms with E-state index in [-0.39, 0.29) is 6.61 Å². The van der Waals surface area contributed by atoms with E-state index in [4.69, 9.17) is 23.2 Å². The molecule has 0 saturated heterocycles. The number of halogens is 2. The second-order valence-electron chi connectivity index (χ2n) is 5.44. The standard InChI is InChI=1S/C18H21Cl2NO2S2/c1-24-11-3-2-10-21(18-12-16(20)5-4-14(18)13-22)25(23)17-8-6-15(19)7-9-17/h4-9,12,22H,2-3,10-11,13H2,1H3. The number of anilines is 1. The molecule has 25 heavy (non-hydrogen) atoms. The number of aliphatic hydroxyl groups excluding tert-OH is 1. The van der Waals surface area contributed by atoms with E-state index in [9.17, 15) is 9.32 Å². The molecule has 0 saturated carbocycles. The lowest BCUT2D eigenvalue weighted by molar-refractivity contribution is 0.282. The number of aliphatic hydroxyl groups is 1. The first-order chi connectivity index (χ1) is 12.1. The predicted octanol–water partition coefficient (Wildman–Crippen LogP) is 5.16. The van der Waals surface area contributed by atoms with Gasteiger partial charge in [0.25, 0.3) is 0 Å². The third-order valence-electron chi connectivity index (χ3n) is 3.66. The van der Waals surface area contributed by atoms with Crippen LogP contribution in [-0.2, 0) is 17.6 Å². The lowest BCUT2D eigenvalue weighted by Gasteiger charge is -2.26. The molecular formula is C18H21Cl2NO2S2. The quantitative estimate of drug-likeness (QED) is 0.572. The number of hydrogen-bond donors (Lipinski definition) is 1. The first-order valence-corrected chi connectivity index (χ1v) is 11.2. The van der Waals surface area contributed by atoms with Crippen molar-refractivity contribution in [3.05, 3.63) is 58.1 Å². The molecule has 0 fully saturated rings. The summed E-state index contributed by atoms with van der Waals surface area (Å²) in [6.07, 6.45) is 4.01. The molecule has 3 nitrogen and oxygen atoms in total. The normalized spacial score (nSPS) is 12.2. The third kappa shape index (κ3) is 5.90. The summed E-state index contributed by atoms with van der Waals surface area (Å²) in [5.74, 6) is 1.06. The molecule has 2 rings (SSSR count). The fourth-order valence-electron chi connectivity index (χ4n) is 2.38. The Morgan fingerprint density at radius 3 is 2.40 bits per heavy atom. The summed E-state index contributed by atoms with van der Waals surface area (Å²) in [7, 11) is -1.41. The van der Waals surface area contributed by atoms with Crippen LogP contribution in [0.15, 0.2) is 47.4 Å². The van der Waals surface area contributed by atoms with E-state index in [1.54, 1.807) is 58.5 Å². The Labute approximate surface area is 165 Å². The van der Waals surface area contributed by atoms with E-state index in [2.05, 4.69) is 6.26 Å². The van der Waals surface area contributed by atoms with Crippen molar-refractivity contribution in [2.75, 3.05) is 22.9 Å². The fraction of sp³-hybridized carbons (Fsp3) is 0.333. The van der Waals surface area contributed by atoms with E-state index in [0.29, 0.717) is 32.7 Å². The molecule has 0 heterocycles. The number of hydrogen-bond acceptors (Lipinski definition) is 3. The van der Waals surface area contributed by atoms with Crippen LogP contribution in [0.3, 0.4) is 0 Å². The van der Waals surface area contributed by atoms with Gasteiger partial charge in [-0.15, -0.1) is 0 Å². The maximum atomic E-state index is 13.2. The van der Waals surface area contributed by atoms with Crippen molar-refractivity contribution in [3.8, 4) is 0 Å². The molecule has 1 unspecified atom stereocenters. The van der Waals surface area contributed by atoms with Crippen molar-refractivity contribution in [2.45, 2.75) is 24.3 Å². The Kier molecular flexibility index (Phi) is 8.59. The Bertz CT molecular complexity index is 711. The van der Waals surface area contributed by atoms with Gasteiger partial charge in [0.05, 0.1) is 17.2 Å². The van der Waals surface area contributed by atoms with Crippen LogP contribution >= 0.6 is 35.0 Å². The van der Waals surface area contributed by atoms with Crippen LogP contribution in [0.4, 0.5) is 5.69 Å². The van der Waals surface area contributed by atoms with Crippen molar-refractivity contribution >= 4 is 51.6 Å². The third-order valence-corrected chi connectivity index (χ3v) is 6.30. The molecule has 1 N–H and O–H groups in total. The van der Waals surface area contributed by atoms with E-state index < -0.39 is 11.0 Å². The van der Waals surface area contributed by atoms with Gasteiger partial charge in [-0.25, -0.2) is 4.21 Å². The molecule has 0 aliphatic carbocycles. The molecule has 0 aromatic heterocycles.